The van der Waals surface area contributed by atoms with Crippen molar-refractivity contribution in [3.63, 3.8) is 0 Å². The van der Waals surface area contributed by atoms with Gasteiger partial charge in [0.25, 0.3) is 5.56 Å². The molecule has 0 aliphatic rings. The monoisotopic (exact) mass is 409 g/mol. The molecule has 2 rings (SSSR count). The van der Waals surface area contributed by atoms with Crippen molar-refractivity contribution in [2.75, 3.05) is 14.2 Å². The molecule has 1 aromatic carbocycles. The number of aromatic amines is 2. The molecule has 0 fully saturated rings. The highest BCUT2D eigenvalue weighted by Gasteiger charge is 2.14. The first-order chi connectivity index (χ1) is 11.8. The first-order valence-corrected chi connectivity index (χ1v) is 8.49. The fraction of sp³-hybridized carbons (Fsp3) is 0.353. The zero-order valence-corrected chi connectivity index (χ0v) is 15.9. The number of hydrogen-bond donors (Lipinski definition) is 2. The van der Waals surface area contributed by atoms with Gasteiger partial charge in [-0.2, -0.15) is 0 Å². The predicted molar refractivity (Wildman–Crippen MR) is 97.9 cm³/mol. The van der Waals surface area contributed by atoms with Crippen LogP contribution in [0.15, 0.2) is 32.3 Å². The van der Waals surface area contributed by atoms with Crippen molar-refractivity contribution in [3.05, 3.63) is 60.3 Å². The van der Waals surface area contributed by atoms with Crippen LogP contribution < -0.4 is 16.0 Å². The van der Waals surface area contributed by atoms with E-state index < -0.39 is 11.2 Å². The van der Waals surface area contributed by atoms with E-state index in [2.05, 4.69) is 25.9 Å². The Bertz CT molecular complexity index is 888. The minimum absolute atomic E-state index is 0.105. The van der Waals surface area contributed by atoms with Crippen LogP contribution in [0.5, 0.6) is 5.75 Å². The quantitative estimate of drug-likeness (QED) is 0.759. The summed E-state index contributed by atoms with van der Waals surface area (Å²) in [6, 6.07) is 5.61. The zero-order chi connectivity index (χ0) is 18.6. The summed E-state index contributed by atoms with van der Waals surface area (Å²) in [7, 11) is 3.28. The number of ether oxygens (including phenoxy) is 1. The molecule has 0 aliphatic carbocycles. The van der Waals surface area contributed by atoms with Gasteiger partial charge in [-0.3, -0.25) is 14.6 Å². The normalized spacial score (nSPS) is 10.6. The Labute approximate surface area is 153 Å². The Balaban J connectivity index is 2.05. The van der Waals surface area contributed by atoms with E-state index >= 15 is 0 Å². The van der Waals surface area contributed by atoms with Crippen molar-refractivity contribution in [1.82, 2.24) is 14.9 Å². The number of benzene rings is 1. The Hall–Kier alpha value is -2.35. The number of H-pyrrole nitrogens is 2. The fourth-order valence-electron chi connectivity index (χ4n) is 2.56. The molecule has 134 valence electrons. The number of aryl methyl sites for hydroxylation is 1. The second kappa shape index (κ2) is 8.15. The average Bonchev–Trinajstić information content (AvgIpc) is 2.53. The SMILES string of the molecule is COc1ccc(Br)cc1CN(C)C(=O)CCc1c(C)[nH]c(=O)[nH]c1=O. The van der Waals surface area contributed by atoms with E-state index in [9.17, 15) is 14.4 Å². The summed E-state index contributed by atoms with van der Waals surface area (Å²) < 4.78 is 6.22. The van der Waals surface area contributed by atoms with Crippen LogP contribution in [0.3, 0.4) is 0 Å². The standard InChI is InChI=1S/C17H20BrN3O4/c1-10-13(16(23)20-17(24)19-10)5-7-15(22)21(2)9-11-8-12(18)4-6-14(11)25-3/h4,6,8H,5,7,9H2,1-3H3,(H2,19,20,23,24). The van der Waals surface area contributed by atoms with Gasteiger partial charge in [0.2, 0.25) is 5.91 Å². The number of nitrogens with one attached hydrogen (secondary N) is 2. The minimum atomic E-state index is -0.545. The van der Waals surface area contributed by atoms with Gasteiger partial charge in [-0.1, -0.05) is 15.9 Å². The topological polar surface area (TPSA) is 95.3 Å². The molecule has 7 nitrogen and oxygen atoms in total. The molecule has 0 spiro atoms. The van der Waals surface area contributed by atoms with Crippen molar-refractivity contribution in [2.24, 2.45) is 0 Å². The predicted octanol–water partition coefficient (Wildman–Crippen LogP) is 1.73. The minimum Gasteiger partial charge on any atom is -0.496 e. The summed E-state index contributed by atoms with van der Waals surface area (Å²) in [5.41, 5.74) is 0.784. The molecule has 1 heterocycles. The Kier molecular flexibility index (Phi) is 6.19. The summed E-state index contributed by atoms with van der Waals surface area (Å²) in [4.78, 5) is 41.7. The molecule has 0 saturated carbocycles. The van der Waals surface area contributed by atoms with E-state index in [1.54, 1.807) is 26.0 Å². The summed E-state index contributed by atoms with van der Waals surface area (Å²) in [6.45, 7) is 2.04. The summed E-state index contributed by atoms with van der Waals surface area (Å²) in [6.07, 6.45) is 0.430. The van der Waals surface area contributed by atoms with Crippen molar-refractivity contribution >= 4 is 21.8 Å². The lowest BCUT2D eigenvalue weighted by atomic mass is 10.1. The number of amides is 1. The number of hydrogen-bond acceptors (Lipinski definition) is 4. The van der Waals surface area contributed by atoms with Crippen LogP contribution in [0.2, 0.25) is 0 Å². The van der Waals surface area contributed by atoms with E-state index in [0.717, 1.165) is 10.0 Å². The molecular formula is C17H20BrN3O4. The number of carbonyl (C=O) groups excluding carboxylic acids is 1. The van der Waals surface area contributed by atoms with Gasteiger partial charge in [0, 0.05) is 41.3 Å². The molecule has 25 heavy (non-hydrogen) atoms. The van der Waals surface area contributed by atoms with Gasteiger partial charge in [-0.15, -0.1) is 0 Å². The Morgan fingerprint density at radius 3 is 2.64 bits per heavy atom. The number of halogens is 1. The maximum atomic E-state index is 12.4. The third kappa shape index (κ3) is 4.82. The number of rotatable bonds is 6. The van der Waals surface area contributed by atoms with Crippen LogP contribution in [0.4, 0.5) is 0 Å². The highest BCUT2D eigenvalue weighted by atomic mass is 79.9. The second-order valence-corrected chi connectivity index (χ2v) is 6.63. The smallest absolute Gasteiger partial charge is 0.325 e. The van der Waals surface area contributed by atoms with Gasteiger partial charge in [0.05, 0.1) is 7.11 Å². The Morgan fingerprint density at radius 1 is 1.28 bits per heavy atom. The first kappa shape index (κ1) is 19.0. The molecule has 2 aromatic rings. The molecule has 0 unspecified atom stereocenters. The van der Waals surface area contributed by atoms with Gasteiger partial charge < -0.3 is 14.6 Å². The summed E-state index contributed by atoms with van der Waals surface area (Å²) in [5.74, 6) is 0.600. The maximum Gasteiger partial charge on any atom is 0.325 e. The van der Waals surface area contributed by atoms with Crippen molar-refractivity contribution in [3.8, 4) is 5.75 Å². The molecule has 1 amide bonds. The third-order valence-corrected chi connectivity index (χ3v) is 4.41. The molecule has 8 heteroatoms. The molecule has 0 aliphatic heterocycles. The molecular weight excluding hydrogens is 390 g/mol. The van der Waals surface area contributed by atoms with Crippen LogP contribution in [0, 0.1) is 6.92 Å². The van der Waals surface area contributed by atoms with E-state index in [4.69, 9.17) is 4.74 Å². The first-order valence-electron chi connectivity index (χ1n) is 7.70. The van der Waals surface area contributed by atoms with E-state index in [-0.39, 0.29) is 18.7 Å². The molecule has 0 radical (unpaired) electrons. The number of carbonyl (C=O) groups is 1. The van der Waals surface area contributed by atoms with Crippen molar-refractivity contribution in [1.29, 1.82) is 0 Å². The van der Waals surface area contributed by atoms with Crippen LogP contribution >= 0.6 is 15.9 Å². The van der Waals surface area contributed by atoms with Crippen LogP contribution in [0.25, 0.3) is 0 Å². The van der Waals surface area contributed by atoms with Crippen molar-refractivity contribution in [2.45, 2.75) is 26.3 Å². The zero-order valence-electron chi connectivity index (χ0n) is 14.3. The van der Waals surface area contributed by atoms with Crippen LogP contribution in [-0.4, -0.2) is 34.9 Å². The molecule has 0 saturated heterocycles. The largest absolute Gasteiger partial charge is 0.496 e. The lowest BCUT2D eigenvalue weighted by molar-refractivity contribution is -0.130. The second-order valence-electron chi connectivity index (χ2n) is 5.72. The van der Waals surface area contributed by atoms with E-state index in [0.29, 0.717) is 23.6 Å². The number of nitrogens with zero attached hydrogens (tertiary/aromatic N) is 1. The highest BCUT2D eigenvalue weighted by Crippen LogP contribution is 2.24. The summed E-state index contributed by atoms with van der Waals surface area (Å²) >= 11 is 3.41. The van der Waals surface area contributed by atoms with Crippen molar-refractivity contribution < 1.29 is 9.53 Å². The fourth-order valence-corrected chi connectivity index (χ4v) is 2.97. The molecule has 0 atom stereocenters. The number of aromatic nitrogens is 2. The van der Waals surface area contributed by atoms with E-state index in [1.165, 1.54) is 0 Å². The van der Waals surface area contributed by atoms with Crippen LogP contribution in [-0.2, 0) is 17.8 Å². The van der Waals surface area contributed by atoms with Gasteiger partial charge >= 0.3 is 5.69 Å². The van der Waals surface area contributed by atoms with Gasteiger partial charge in [0.15, 0.2) is 0 Å². The Morgan fingerprint density at radius 2 is 2.00 bits per heavy atom. The van der Waals surface area contributed by atoms with Gasteiger partial charge in [-0.25, -0.2) is 4.79 Å². The maximum absolute atomic E-state index is 12.4. The average molecular weight is 410 g/mol. The lowest BCUT2D eigenvalue weighted by Crippen LogP contribution is -2.30. The highest BCUT2D eigenvalue weighted by molar-refractivity contribution is 9.10. The molecule has 2 N–H and O–H groups in total. The number of methoxy groups -OCH3 is 1. The van der Waals surface area contributed by atoms with Gasteiger partial charge in [-0.05, 0) is 31.5 Å². The van der Waals surface area contributed by atoms with Crippen LogP contribution in [0.1, 0.15) is 23.2 Å². The van der Waals surface area contributed by atoms with E-state index in [1.807, 2.05) is 18.2 Å². The molecule has 0 bridgehead atoms. The third-order valence-electron chi connectivity index (χ3n) is 3.92. The lowest BCUT2D eigenvalue weighted by Gasteiger charge is -2.19. The summed E-state index contributed by atoms with van der Waals surface area (Å²) in [5, 5.41) is 0. The van der Waals surface area contributed by atoms with Gasteiger partial charge in [0.1, 0.15) is 5.75 Å². The molecule has 1 aromatic heterocycles.